The van der Waals surface area contributed by atoms with Gasteiger partial charge in [0.05, 0.1) is 12.7 Å². The fourth-order valence-electron chi connectivity index (χ4n) is 1.90. The summed E-state index contributed by atoms with van der Waals surface area (Å²) in [5.41, 5.74) is 0.946. The summed E-state index contributed by atoms with van der Waals surface area (Å²) in [4.78, 5) is 0. The van der Waals surface area contributed by atoms with Crippen LogP contribution in [0.25, 0.3) is 0 Å². The molecule has 1 saturated heterocycles. The van der Waals surface area contributed by atoms with Crippen molar-refractivity contribution in [1.29, 1.82) is 0 Å². The van der Waals surface area contributed by atoms with E-state index in [1.54, 1.807) is 6.92 Å². The van der Waals surface area contributed by atoms with Crippen LogP contribution in [0.5, 0.6) is 0 Å². The number of aliphatic hydroxyl groups is 3. The van der Waals surface area contributed by atoms with Crippen LogP contribution in [0.4, 0.5) is 0 Å². The van der Waals surface area contributed by atoms with Gasteiger partial charge >= 0.3 is 0 Å². The third-order valence-electron chi connectivity index (χ3n) is 3.07. The van der Waals surface area contributed by atoms with Crippen LogP contribution in [0.1, 0.15) is 12.5 Å². The Morgan fingerprint density at radius 2 is 1.72 bits per heavy atom. The fourth-order valence-corrected chi connectivity index (χ4v) is 1.90. The topological polar surface area (TPSA) is 79.2 Å². The second-order valence-corrected chi connectivity index (χ2v) is 4.48. The van der Waals surface area contributed by atoms with Crippen molar-refractivity contribution in [3.05, 3.63) is 35.9 Å². The molecule has 1 aromatic rings. The van der Waals surface area contributed by atoms with Gasteiger partial charge in [0.2, 0.25) is 0 Å². The Bertz CT molecular complexity index is 369. The van der Waals surface area contributed by atoms with E-state index in [0.717, 1.165) is 5.56 Å². The predicted octanol–water partition coefficient (Wildman–Crippen LogP) is 0.0307. The standard InChI is InChI=1S/C13H18O5/c1-8-10(14)11(15)12(16)13(18-8)17-7-9-5-3-2-4-6-9/h2-6,8,10-16H,7H2,1H3/t8-,10-,11-,12-,13+/m0/s1. The number of rotatable bonds is 3. The number of hydrogen-bond donors (Lipinski definition) is 3. The van der Waals surface area contributed by atoms with E-state index >= 15 is 0 Å². The Morgan fingerprint density at radius 1 is 1.06 bits per heavy atom. The molecule has 1 heterocycles. The molecule has 0 bridgehead atoms. The molecule has 0 saturated carbocycles. The number of benzene rings is 1. The molecule has 0 aromatic heterocycles. The lowest BCUT2D eigenvalue weighted by Gasteiger charge is -2.38. The van der Waals surface area contributed by atoms with Crippen LogP contribution in [-0.2, 0) is 16.1 Å². The second kappa shape index (κ2) is 5.77. The van der Waals surface area contributed by atoms with Crippen LogP contribution in [0, 0.1) is 0 Å². The maximum absolute atomic E-state index is 9.74. The Morgan fingerprint density at radius 3 is 2.39 bits per heavy atom. The molecule has 5 heteroatoms. The van der Waals surface area contributed by atoms with Gasteiger partial charge in [-0.1, -0.05) is 30.3 Å². The van der Waals surface area contributed by atoms with Gasteiger partial charge < -0.3 is 24.8 Å². The zero-order valence-electron chi connectivity index (χ0n) is 10.1. The monoisotopic (exact) mass is 254 g/mol. The first-order valence-electron chi connectivity index (χ1n) is 5.95. The van der Waals surface area contributed by atoms with Crippen molar-refractivity contribution in [3.8, 4) is 0 Å². The third-order valence-corrected chi connectivity index (χ3v) is 3.07. The summed E-state index contributed by atoms with van der Waals surface area (Å²) >= 11 is 0. The lowest BCUT2D eigenvalue weighted by molar-refractivity contribution is -0.296. The molecule has 0 unspecified atom stereocenters. The summed E-state index contributed by atoms with van der Waals surface area (Å²) in [6, 6.07) is 9.46. The molecule has 5 nitrogen and oxygen atoms in total. The first kappa shape index (κ1) is 13.5. The van der Waals surface area contributed by atoms with Gasteiger partial charge in [-0.2, -0.15) is 0 Å². The summed E-state index contributed by atoms with van der Waals surface area (Å²) < 4.78 is 10.7. The van der Waals surface area contributed by atoms with E-state index in [2.05, 4.69) is 0 Å². The normalized spacial score (nSPS) is 36.6. The molecular formula is C13H18O5. The first-order valence-corrected chi connectivity index (χ1v) is 5.95. The minimum absolute atomic E-state index is 0.276. The molecule has 100 valence electrons. The second-order valence-electron chi connectivity index (χ2n) is 4.48. The summed E-state index contributed by atoms with van der Waals surface area (Å²) in [6.07, 6.45) is -5.12. The number of ether oxygens (including phenoxy) is 2. The Kier molecular flexibility index (Phi) is 4.31. The minimum Gasteiger partial charge on any atom is -0.388 e. The summed E-state index contributed by atoms with van der Waals surface area (Å²) in [7, 11) is 0. The number of aliphatic hydroxyl groups excluding tert-OH is 3. The smallest absolute Gasteiger partial charge is 0.186 e. The zero-order chi connectivity index (χ0) is 13.1. The van der Waals surface area contributed by atoms with Gasteiger partial charge in [-0.3, -0.25) is 0 Å². The fraction of sp³-hybridized carbons (Fsp3) is 0.538. The van der Waals surface area contributed by atoms with Crippen LogP contribution >= 0.6 is 0 Å². The lowest BCUT2D eigenvalue weighted by atomic mass is 10.00. The van der Waals surface area contributed by atoms with Crippen LogP contribution in [0.3, 0.4) is 0 Å². The largest absolute Gasteiger partial charge is 0.388 e. The maximum Gasteiger partial charge on any atom is 0.186 e. The van der Waals surface area contributed by atoms with Crippen molar-refractivity contribution >= 4 is 0 Å². The lowest BCUT2D eigenvalue weighted by Crippen LogP contribution is -2.57. The van der Waals surface area contributed by atoms with Crippen LogP contribution in [-0.4, -0.2) is 46.0 Å². The van der Waals surface area contributed by atoms with Gasteiger partial charge in [-0.05, 0) is 12.5 Å². The first-order chi connectivity index (χ1) is 8.59. The molecule has 3 N–H and O–H groups in total. The van der Waals surface area contributed by atoms with Gasteiger partial charge in [-0.15, -0.1) is 0 Å². The average molecular weight is 254 g/mol. The molecule has 0 spiro atoms. The van der Waals surface area contributed by atoms with E-state index in [4.69, 9.17) is 9.47 Å². The van der Waals surface area contributed by atoms with Crippen molar-refractivity contribution in [2.45, 2.75) is 44.2 Å². The molecule has 0 amide bonds. The molecule has 0 aliphatic carbocycles. The molecule has 1 aliphatic rings. The average Bonchev–Trinajstić information content (AvgIpc) is 2.40. The van der Waals surface area contributed by atoms with E-state index < -0.39 is 30.7 Å². The molecule has 1 aromatic carbocycles. The molecule has 1 fully saturated rings. The SMILES string of the molecule is C[C@@H]1O[C@@H](OCc2ccccc2)[C@@H](O)[C@@H](O)[C@H]1O. The van der Waals surface area contributed by atoms with Gasteiger partial charge in [0.25, 0.3) is 0 Å². The highest BCUT2D eigenvalue weighted by molar-refractivity contribution is 5.13. The third kappa shape index (κ3) is 2.88. The van der Waals surface area contributed by atoms with Crippen LogP contribution in [0.15, 0.2) is 30.3 Å². The number of hydrogen-bond acceptors (Lipinski definition) is 5. The van der Waals surface area contributed by atoms with Gasteiger partial charge in [0, 0.05) is 0 Å². The Hall–Kier alpha value is -0.980. The van der Waals surface area contributed by atoms with Crippen molar-refractivity contribution in [3.63, 3.8) is 0 Å². The van der Waals surface area contributed by atoms with Crippen molar-refractivity contribution in [2.75, 3.05) is 0 Å². The van der Waals surface area contributed by atoms with E-state index in [9.17, 15) is 15.3 Å². The molecule has 0 radical (unpaired) electrons. The summed E-state index contributed by atoms with van der Waals surface area (Å²) in [6.45, 7) is 1.90. The molecular weight excluding hydrogens is 236 g/mol. The quantitative estimate of drug-likeness (QED) is 0.709. The van der Waals surface area contributed by atoms with E-state index in [0.29, 0.717) is 0 Å². The van der Waals surface area contributed by atoms with Crippen LogP contribution < -0.4 is 0 Å². The van der Waals surface area contributed by atoms with E-state index in [-0.39, 0.29) is 6.61 Å². The molecule has 1 aliphatic heterocycles. The Labute approximate surface area is 106 Å². The molecule has 5 atom stereocenters. The zero-order valence-corrected chi connectivity index (χ0v) is 10.1. The van der Waals surface area contributed by atoms with Gasteiger partial charge in [-0.25, -0.2) is 0 Å². The van der Waals surface area contributed by atoms with Crippen molar-refractivity contribution in [1.82, 2.24) is 0 Å². The summed E-state index contributed by atoms with van der Waals surface area (Å²) in [5, 5.41) is 28.9. The van der Waals surface area contributed by atoms with Crippen LogP contribution in [0.2, 0.25) is 0 Å². The van der Waals surface area contributed by atoms with Gasteiger partial charge in [0.15, 0.2) is 6.29 Å². The van der Waals surface area contributed by atoms with E-state index in [1.807, 2.05) is 30.3 Å². The Balaban J connectivity index is 1.93. The van der Waals surface area contributed by atoms with Gasteiger partial charge in [0.1, 0.15) is 18.3 Å². The highest BCUT2D eigenvalue weighted by atomic mass is 16.7. The highest BCUT2D eigenvalue weighted by Gasteiger charge is 2.42. The highest BCUT2D eigenvalue weighted by Crippen LogP contribution is 2.22. The molecule has 2 rings (SSSR count). The van der Waals surface area contributed by atoms with Crippen molar-refractivity contribution in [2.24, 2.45) is 0 Å². The minimum atomic E-state index is -1.26. The van der Waals surface area contributed by atoms with Crippen molar-refractivity contribution < 1.29 is 24.8 Å². The van der Waals surface area contributed by atoms with E-state index in [1.165, 1.54) is 0 Å². The maximum atomic E-state index is 9.74. The summed E-state index contributed by atoms with van der Waals surface area (Å²) in [5.74, 6) is 0. The molecule has 18 heavy (non-hydrogen) atoms. The predicted molar refractivity (Wildman–Crippen MR) is 63.6 cm³/mol.